The molecule has 3 rings (SSSR count). The lowest BCUT2D eigenvalue weighted by molar-refractivity contribution is -0.120. The summed E-state index contributed by atoms with van der Waals surface area (Å²) in [5.74, 6) is 0.984. The lowest BCUT2D eigenvalue weighted by Gasteiger charge is -2.23. The largest absolute Gasteiger partial charge is 0.493 e. The molecule has 2 amide bonds. The van der Waals surface area contributed by atoms with Crippen molar-refractivity contribution in [2.75, 3.05) is 44.5 Å². The lowest BCUT2D eigenvalue weighted by atomic mass is 10.0. The van der Waals surface area contributed by atoms with E-state index in [2.05, 4.69) is 34.9 Å². The molecule has 7 nitrogen and oxygen atoms in total. The Bertz CT molecular complexity index is 1230. The highest BCUT2D eigenvalue weighted by Crippen LogP contribution is 2.28. The van der Waals surface area contributed by atoms with Gasteiger partial charge in [0.25, 0.3) is 0 Å². The Morgan fingerprint density at radius 2 is 1.10 bits per heavy atom. The van der Waals surface area contributed by atoms with E-state index in [4.69, 9.17) is 9.47 Å². The first-order valence-corrected chi connectivity index (χ1v) is 13.2. The predicted molar refractivity (Wildman–Crippen MR) is 158 cm³/mol. The highest BCUT2D eigenvalue weighted by molar-refractivity contribution is 5.96. The molecule has 0 heterocycles. The van der Waals surface area contributed by atoms with Crippen LogP contribution >= 0.6 is 0 Å². The van der Waals surface area contributed by atoms with Crippen LogP contribution in [0.3, 0.4) is 0 Å². The highest BCUT2D eigenvalue weighted by Gasteiger charge is 2.18. The van der Waals surface area contributed by atoms with Gasteiger partial charge in [0.2, 0.25) is 11.8 Å². The Hall–Kier alpha value is -3.84. The van der Waals surface area contributed by atoms with Crippen molar-refractivity contribution in [1.29, 1.82) is 0 Å². The highest BCUT2D eigenvalue weighted by atomic mass is 16.5. The molecule has 0 saturated heterocycles. The van der Waals surface area contributed by atoms with Crippen LogP contribution in [0.5, 0.6) is 11.5 Å². The van der Waals surface area contributed by atoms with Crippen LogP contribution in [0.4, 0.5) is 11.4 Å². The van der Waals surface area contributed by atoms with Crippen molar-refractivity contribution in [3.05, 3.63) is 81.4 Å². The minimum atomic E-state index is -0.159. The van der Waals surface area contributed by atoms with Gasteiger partial charge in [-0.1, -0.05) is 41.5 Å². The van der Waals surface area contributed by atoms with Gasteiger partial charge in [-0.25, -0.2) is 0 Å². The van der Waals surface area contributed by atoms with Crippen molar-refractivity contribution >= 4 is 23.2 Å². The molecule has 0 aliphatic rings. The average molecular weight is 532 g/mol. The minimum Gasteiger partial charge on any atom is -0.493 e. The molecule has 39 heavy (non-hydrogen) atoms. The average Bonchev–Trinajstić information content (AvgIpc) is 2.86. The van der Waals surface area contributed by atoms with E-state index >= 15 is 0 Å². The number of carbonyl (C=O) groups excluding carboxylic acids is 2. The van der Waals surface area contributed by atoms with Crippen LogP contribution in [0.1, 0.15) is 38.9 Å². The van der Waals surface area contributed by atoms with Gasteiger partial charge in [0.05, 0.1) is 27.3 Å². The van der Waals surface area contributed by atoms with E-state index in [1.807, 2.05) is 64.6 Å². The Balaban J connectivity index is 1.77. The van der Waals surface area contributed by atoms with Gasteiger partial charge in [-0.15, -0.1) is 0 Å². The van der Waals surface area contributed by atoms with Crippen LogP contribution in [-0.4, -0.2) is 50.6 Å². The summed E-state index contributed by atoms with van der Waals surface area (Å²) in [5, 5.41) is 6.13. The molecule has 0 aliphatic heterocycles. The second-order valence-corrected chi connectivity index (χ2v) is 10.3. The van der Waals surface area contributed by atoms with Gasteiger partial charge < -0.3 is 20.1 Å². The molecule has 0 fully saturated rings. The van der Waals surface area contributed by atoms with Crippen LogP contribution in [-0.2, 0) is 16.0 Å². The molecule has 0 saturated carbocycles. The van der Waals surface area contributed by atoms with Crippen LogP contribution in [0.2, 0.25) is 0 Å². The van der Waals surface area contributed by atoms with Crippen molar-refractivity contribution in [3.63, 3.8) is 0 Å². The SMILES string of the molecule is COc1ccc(CCN(CC(=O)Nc2c(C)cc(C)cc2C)CC(=O)Nc2c(C)cc(C)cc2C)cc1OC. The topological polar surface area (TPSA) is 79.9 Å². The molecule has 0 aliphatic carbocycles. The Labute approximate surface area is 232 Å². The Morgan fingerprint density at radius 1 is 0.667 bits per heavy atom. The summed E-state index contributed by atoms with van der Waals surface area (Å²) in [6, 6.07) is 14.0. The molecule has 2 N–H and O–H groups in total. The third kappa shape index (κ3) is 8.07. The molecule has 0 radical (unpaired) electrons. The van der Waals surface area contributed by atoms with Crippen molar-refractivity contribution < 1.29 is 19.1 Å². The van der Waals surface area contributed by atoms with E-state index in [0.29, 0.717) is 24.5 Å². The number of rotatable bonds is 11. The molecular weight excluding hydrogens is 490 g/mol. The second kappa shape index (κ2) is 13.3. The summed E-state index contributed by atoms with van der Waals surface area (Å²) < 4.78 is 10.8. The van der Waals surface area contributed by atoms with E-state index in [1.54, 1.807) is 14.2 Å². The Kier molecular flexibility index (Phi) is 10.1. The monoisotopic (exact) mass is 531 g/mol. The molecular formula is C32H41N3O4. The zero-order chi connectivity index (χ0) is 28.7. The molecule has 0 atom stereocenters. The number of aryl methyl sites for hydroxylation is 6. The second-order valence-electron chi connectivity index (χ2n) is 10.3. The maximum atomic E-state index is 13.2. The van der Waals surface area contributed by atoms with Gasteiger partial charge >= 0.3 is 0 Å². The number of nitrogens with one attached hydrogen (secondary N) is 2. The molecule has 0 bridgehead atoms. The third-order valence-electron chi connectivity index (χ3n) is 6.78. The van der Waals surface area contributed by atoms with Gasteiger partial charge in [0.1, 0.15) is 0 Å². The number of nitrogens with zero attached hydrogens (tertiary/aromatic N) is 1. The fraction of sp³-hybridized carbons (Fsp3) is 0.375. The molecule has 208 valence electrons. The van der Waals surface area contributed by atoms with E-state index in [0.717, 1.165) is 50.3 Å². The van der Waals surface area contributed by atoms with E-state index < -0.39 is 0 Å². The fourth-order valence-electron chi connectivity index (χ4n) is 5.06. The third-order valence-corrected chi connectivity index (χ3v) is 6.78. The number of methoxy groups -OCH3 is 2. The first kappa shape index (κ1) is 29.7. The first-order valence-electron chi connectivity index (χ1n) is 13.2. The minimum absolute atomic E-state index is 0.0827. The van der Waals surface area contributed by atoms with E-state index in [9.17, 15) is 9.59 Å². The van der Waals surface area contributed by atoms with Crippen molar-refractivity contribution in [2.45, 2.75) is 48.0 Å². The number of hydrogen-bond acceptors (Lipinski definition) is 5. The quantitative estimate of drug-likeness (QED) is 0.333. The molecule has 0 unspecified atom stereocenters. The number of carbonyl (C=O) groups is 2. The van der Waals surface area contributed by atoms with Crippen molar-refractivity contribution in [3.8, 4) is 11.5 Å². The number of benzene rings is 3. The summed E-state index contributed by atoms with van der Waals surface area (Å²) >= 11 is 0. The molecule has 0 spiro atoms. The van der Waals surface area contributed by atoms with Crippen LogP contribution in [0.15, 0.2) is 42.5 Å². The fourth-order valence-corrected chi connectivity index (χ4v) is 5.06. The number of ether oxygens (including phenoxy) is 2. The van der Waals surface area contributed by atoms with Gasteiger partial charge in [-0.3, -0.25) is 14.5 Å². The molecule has 7 heteroatoms. The summed E-state index contributed by atoms with van der Waals surface area (Å²) in [6.45, 7) is 12.7. The zero-order valence-electron chi connectivity index (χ0n) is 24.5. The van der Waals surface area contributed by atoms with Gasteiger partial charge in [-0.2, -0.15) is 0 Å². The summed E-state index contributed by atoms with van der Waals surface area (Å²) in [4.78, 5) is 28.2. The van der Waals surface area contributed by atoms with Crippen molar-refractivity contribution in [1.82, 2.24) is 4.90 Å². The molecule has 0 aromatic heterocycles. The van der Waals surface area contributed by atoms with Crippen molar-refractivity contribution in [2.24, 2.45) is 0 Å². The van der Waals surface area contributed by atoms with Crippen LogP contribution in [0.25, 0.3) is 0 Å². The summed E-state index contributed by atoms with van der Waals surface area (Å²) in [6.07, 6.45) is 0.631. The zero-order valence-corrected chi connectivity index (χ0v) is 24.5. The lowest BCUT2D eigenvalue weighted by Crippen LogP contribution is -2.40. The number of hydrogen-bond donors (Lipinski definition) is 2. The van der Waals surface area contributed by atoms with Crippen LogP contribution in [0, 0.1) is 41.5 Å². The maximum Gasteiger partial charge on any atom is 0.238 e. The Morgan fingerprint density at radius 3 is 1.51 bits per heavy atom. The predicted octanol–water partition coefficient (Wildman–Crippen LogP) is 5.68. The normalized spacial score (nSPS) is 10.9. The van der Waals surface area contributed by atoms with Gasteiger partial charge in [0.15, 0.2) is 11.5 Å². The molecule has 3 aromatic rings. The van der Waals surface area contributed by atoms with E-state index in [1.165, 1.54) is 0 Å². The van der Waals surface area contributed by atoms with Crippen LogP contribution < -0.4 is 20.1 Å². The molecule has 3 aromatic carbocycles. The number of amides is 2. The van der Waals surface area contributed by atoms with E-state index in [-0.39, 0.29) is 24.9 Å². The standard InChI is InChI=1S/C32H41N3O4/c1-20-13-22(3)31(23(4)14-20)33-29(36)18-35(12-11-26-9-10-27(38-7)28(17-26)39-8)19-30(37)34-32-24(5)15-21(2)16-25(32)6/h9-10,13-17H,11-12,18-19H2,1-8H3,(H,33,36)(H,34,37). The summed E-state index contributed by atoms with van der Waals surface area (Å²) in [5.41, 5.74) is 9.02. The summed E-state index contributed by atoms with van der Waals surface area (Å²) in [7, 11) is 3.21. The van der Waals surface area contributed by atoms with Gasteiger partial charge in [-0.05, 0) is 87.9 Å². The number of anilines is 2. The maximum absolute atomic E-state index is 13.2. The van der Waals surface area contributed by atoms with Gasteiger partial charge in [0, 0.05) is 17.9 Å². The smallest absolute Gasteiger partial charge is 0.238 e. The first-order chi connectivity index (χ1) is 18.5.